The molecule has 0 radical (unpaired) electrons. The van der Waals surface area contributed by atoms with Crippen molar-refractivity contribution in [2.75, 3.05) is 20.8 Å². The predicted molar refractivity (Wildman–Crippen MR) is 97.6 cm³/mol. The molecule has 0 aliphatic rings. The number of ether oxygens (including phenoxy) is 2. The number of methoxy groups -OCH3 is 1. The summed E-state index contributed by atoms with van der Waals surface area (Å²) in [5.74, 6) is 2.49. The van der Waals surface area contributed by atoms with Crippen LogP contribution in [0.5, 0.6) is 11.5 Å². The van der Waals surface area contributed by atoms with E-state index >= 15 is 0 Å². The molecule has 0 fully saturated rings. The summed E-state index contributed by atoms with van der Waals surface area (Å²) in [6, 6.07) is 16.0. The molecule has 0 unspecified atom stereocenters. The van der Waals surface area contributed by atoms with Crippen LogP contribution in [0.15, 0.2) is 53.5 Å². The highest BCUT2D eigenvalue weighted by molar-refractivity contribution is 5.79. The van der Waals surface area contributed by atoms with E-state index in [2.05, 4.69) is 15.6 Å². The van der Waals surface area contributed by atoms with Gasteiger partial charge in [0.15, 0.2) is 5.96 Å². The number of nitrogens with zero attached hydrogens (tertiary/aromatic N) is 1. The van der Waals surface area contributed by atoms with Crippen molar-refractivity contribution in [3.8, 4) is 11.5 Å². The van der Waals surface area contributed by atoms with Crippen LogP contribution >= 0.6 is 0 Å². The number of guanidine groups is 1. The van der Waals surface area contributed by atoms with Crippen LogP contribution in [0.25, 0.3) is 0 Å². The number of hydrogen-bond donors (Lipinski definition) is 2. The van der Waals surface area contributed by atoms with Gasteiger partial charge in [0.2, 0.25) is 0 Å². The van der Waals surface area contributed by atoms with Gasteiger partial charge in [-0.15, -0.1) is 0 Å². The minimum Gasteiger partial charge on any atom is -0.497 e. The van der Waals surface area contributed by atoms with Crippen LogP contribution in [0.2, 0.25) is 0 Å². The molecule has 2 aromatic rings. The number of aliphatic imine (C=N–C) groups is 1. The zero-order valence-corrected chi connectivity index (χ0v) is 14.5. The summed E-state index contributed by atoms with van der Waals surface area (Å²) in [4.78, 5) is 4.26. The average molecular weight is 327 g/mol. The molecule has 0 aromatic heterocycles. The Kier molecular flexibility index (Phi) is 6.95. The van der Waals surface area contributed by atoms with E-state index in [0.717, 1.165) is 28.6 Å². The summed E-state index contributed by atoms with van der Waals surface area (Å²) in [6.45, 7) is 3.95. The van der Waals surface area contributed by atoms with Crippen LogP contribution in [-0.4, -0.2) is 26.7 Å². The maximum absolute atomic E-state index is 5.64. The average Bonchev–Trinajstić information content (AvgIpc) is 2.63. The summed E-state index contributed by atoms with van der Waals surface area (Å²) in [5.41, 5.74) is 2.23. The Morgan fingerprint density at radius 3 is 2.58 bits per heavy atom. The van der Waals surface area contributed by atoms with Gasteiger partial charge in [-0.2, -0.15) is 0 Å². The predicted octanol–water partition coefficient (Wildman–Crippen LogP) is 2.96. The van der Waals surface area contributed by atoms with Crippen molar-refractivity contribution < 1.29 is 9.47 Å². The van der Waals surface area contributed by atoms with Crippen LogP contribution in [0.1, 0.15) is 18.1 Å². The zero-order valence-electron chi connectivity index (χ0n) is 14.5. The Bertz CT molecular complexity index is 671. The van der Waals surface area contributed by atoms with Crippen LogP contribution in [-0.2, 0) is 13.1 Å². The molecule has 0 saturated heterocycles. The first-order chi connectivity index (χ1) is 11.8. The van der Waals surface area contributed by atoms with Crippen molar-refractivity contribution in [3.63, 3.8) is 0 Å². The SMILES string of the molecule is CCOc1ccccc1CNC(=NC)NCc1cccc(OC)c1. The Hall–Kier alpha value is -2.69. The molecule has 0 atom stereocenters. The molecule has 0 saturated carbocycles. The Balaban J connectivity index is 1.91. The maximum atomic E-state index is 5.64. The van der Waals surface area contributed by atoms with E-state index in [1.54, 1.807) is 14.2 Å². The van der Waals surface area contributed by atoms with Gasteiger partial charge < -0.3 is 20.1 Å². The van der Waals surface area contributed by atoms with E-state index in [9.17, 15) is 0 Å². The molecule has 2 rings (SSSR count). The fourth-order valence-corrected chi connectivity index (χ4v) is 2.31. The highest BCUT2D eigenvalue weighted by Gasteiger charge is 2.04. The fraction of sp³-hybridized carbons (Fsp3) is 0.316. The van der Waals surface area contributed by atoms with Gasteiger partial charge in [0.25, 0.3) is 0 Å². The number of hydrogen-bond acceptors (Lipinski definition) is 3. The van der Waals surface area contributed by atoms with Gasteiger partial charge in [-0.3, -0.25) is 4.99 Å². The highest BCUT2D eigenvalue weighted by atomic mass is 16.5. The van der Waals surface area contributed by atoms with Crippen molar-refractivity contribution in [2.45, 2.75) is 20.0 Å². The van der Waals surface area contributed by atoms with E-state index in [1.807, 2.05) is 55.5 Å². The topological polar surface area (TPSA) is 54.9 Å². The highest BCUT2D eigenvalue weighted by Crippen LogP contribution is 2.17. The first kappa shape index (κ1) is 17.7. The van der Waals surface area contributed by atoms with Crippen molar-refractivity contribution >= 4 is 5.96 Å². The third-order valence-corrected chi connectivity index (χ3v) is 3.54. The van der Waals surface area contributed by atoms with E-state index in [4.69, 9.17) is 9.47 Å². The molecule has 5 nitrogen and oxygen atoms in total. The second kappa shape index (κ2) is 9.45. The van der Waals surface area contributed by atoms with Gasteiger partial charge in [0.05, 0.1) is 13.7 Å². The third kappa shape index (κ3) is 5.19. The summed E-state index contributed by atoms with van der Waals surface area (Å²) in [5, 5.41) is 6.61. The normalized spacial score (nSPS) is 11.0. The van der Waals surface area contributed by atoms with Crippen LogP contribution in [0.3, 0.4) is 0 Å². The lowest BCUT2D eigenvalue weighted by molar-refractivity contribution is 0.336. The number of rotatable bonds is 7. The lowest BCUT2D eigenvalue weighted by Gasteiger charge is -2.14. The summed E-state index contributed by atoms with van der Waals surface area (Å²) in [7, 11) is 3.43. The van der Waals surface area contributed by atoms with E-state index in [1.165, 1.54) is 0 Å². The lowest BCUT2D eigenvalue weighted by atomic mass is 10.2. The standard InChI is InChI=1S/C19H25N3O2/c1-4-24-18-11-6-5-9-16(18)14-22-19(20-2)21-13-15-8-7-10-17(12-15)23-3/h5-12H,4,13-14H2,1-3H3,(H2,20,21,22). The first-order valence-electron chi connectivity index (χ1n) is 8.05. The minimum absolute atomic E-state index is 0.647. The molecular weight excluding hydrogens is 302 g/mol. The summed E-state index contributed by atoms with van der Waals surface area (Å²) >= 11 is 0. The smallest absolute Gasteiger partial charge is 0.191 e. The Labute approximate surface area is 143 Å². The lowest BCUT2D eigenvalue weighted by Crippen LogP contribution is -2.36. The third-order valence-electron chi connectivity index (χ3n) is 3.54. The summed E-state index contributed by atoms with van der Waals surface area (Å²) < 4.78 is 10.9. The number of benzene rings is 2. The van der Waals surface area contributed by atoms with E-state index in [-0.39, 0.29) is 0 Å². The molecule has 0 bridgehead atoms. The van der Waals surface area contributed by atoms with E-state index < -0.39 is 0 Å². The van der Waals surface area contributed by atoms with Crippen molar-refractivity contribution in [1.82, 2.24) is 10.6 Å². The molecule has 0 amide bonds. The zero-order chi connectivity index (χ0) is 17.2. The van der Waals surface area contributed by atoms with Gasteiger partial charge in [-0.05, 0) is 30.7 Å². The molecule has 0 aliphatic carbocycles. The molecular formula is C19H25N3O2. The van der Waals surface area contributed by atoms with Crippen LogP contribution in [0.4, 0.5) is 0 Å². The van der Waals surface area contributed by atoms with Gasteiger partial charge in [0.1, 0.15) is 11.5 Å². The van der Waals surface area contributed by atoms with Crippen LogP contribution in [0, 0.1) is 0 Å². The molecule has 128 valence electrons. The molecule has 24 heavy (non-hydrogen) atoms. The largest absolute Gasteiger partial charge is 0.497 e. The fourth-order valence-electron chi connectivity index (χ4n) is 2.31. The monoisotopic (exact) mass is 327 g/mol. The molecule has 0 aliphatic heterocycles. The van der Waals surface area contributed by atoms with Crippen molar-refractivity contribution in [2.24, 2.45) is 4.99 Å². The number of para-hydroxylation sites is 1. The van der Waals surface area contributed by atoms with Gasteiger partial charge in [0, 0.05) is 25.7 Å². The molecule has 2 aromatic carbocycles. The van der Waals surface area contributed by atoms with Crippen molar-refractivity contribution in [3.05, 3.63) is 59.7 Å². The second-order valence-corrected chi connectivity index (χ2v) is 5.17. The van der Waals surface area contributed by atoms with Gasteiger partial charge in [-0.25, -0.2) is 0 Å². The quantitative estimate of drug-likeness (QED) is 0.606. The molecule has 2 N–H and O–H groups in total. The maximum Gasteiger partial charge on any atom is 0.191 e. The Morgan fingerprint density at radius 2 is 1.83 bits per heavy atom. The van der Waals surface area contributed by atoms with E-state index in [0.29, 0.717) is 19.7 Å². The van der Waals surface area contributed by atoms with Gasteiger partial charge in [-0.1, -0.05) is 30.3 Å². The van der Waals surface area contributed by atoms with Crippen molar-refractivity contribution in [1.29, 1.82) is 0 Å². The minimum atomic E-state index is 0.647. The van der Waals surface area contributed by atoms with Crippen LogP contribution < -0.4 is 20.1 Å². The number of nitrogens with one attached hydrogen (secondary N) is 2. The summed E-state index contributed by atoms with van der Waals surface area (Å²) in [6.07, 6.45) is 0. The molecule has 0 spiro atoms. The first-order valence-corrected chi connectivity index (χ1v) is 8.05. The Morgan fingerprint density at radius 1 is 1.04 bits per heavy atom. The molecule has 0 heterocycles. The molecule has 5 heteroatoms. The second-order valence-electron chi connectivity index (χ2n) is 5.17. The van der Waals surface area contributed by atoms with Gasteiger partial charge >= 0.3 is 0 Å².